The third-order valence-corrected chi connectivity index (χ3v) is 44.2. The first-order chi connectivity index (χ1) is 38.2. The molecule has 0 N–H and O–H groups in total. The van der Waals surface area contributed by atoms with Crippen LogP contribution in [0.5, 0.6) is 0 Å². The van der Waals surface area contributed by atoms with Crippen LogP contribution in [0.15, 0.2) is 86.1 Å². The minimum atomic E-state index is -0.250. The summed E-state index contributed by atoms with van der Waals surface area (Å²) in [7, 11) is 2.98. The molecule has 26 heteroatoms. The molecule has 0 aromatic heterocycles. The third-order valence-electron chi connectivity index (χ3n) is 11.4. The molecule has 430 valence electrons. The first kappa shape index (κ1) is 68.0. The Labute approximate surface area is 560 Å². The van der Waals surface area contributed by atoms with Crippen molar-refractivity contribution in [2.75, 3.05) is 48.7 Å². The van der Waals surface area contributed by atoms with E-state index in [0.717, 1.165) is 32.8 Å². The van der Waals surface area contributed by atoms with Crippen LogP contribution in [0.2, 0.25) is 0 Å². The van der Waals surface area contributed by atoms with Crippen molar-refractivity contribution in [2.45, 2.75) is 143 Å². The fourth-order valence-electron chi connectivity index (χ4n) is 7.24. The smallest absolute Gasteiger partial charge is 0.346 e. The lowest BCUT2D eigenvalue weighted by atomic mass is 10.2. The largest absolute Gasteiger partial charge is 0.465 e. The van der Waals surface area contributed by atoms with Gasteiger partial charge < -0.3 is 9.47 Å². The lowest BCUT2D eigenvalue weighted by molar-refractivity contribution is -0.136. The van der Waals surface area contributed by atoms with E-state index in [1.165, 1.54) is 208 Å². The Balaban J connectivity index is 0.784. The van der Waals surface area contributed by atoms with Gasteiger partial charge >= 0.3 is 11.9 Å². The molecule has 8 heterocycles. The molecule has 78 heavy (non-hydrogen) atoms. The zero-order valence-electron chi connectivity index (χ0n) is 44.6. The van der Waals surface area contributed by atoms with E-state index in [1.807, 2.05) is 141 Å². The Hall–Kier alpha value is 4.04. The van der Waals surface area contributed by atoms with Gasteiger partial charge in [0.2, 0.25) is 0 Å². The molecule has 0 atom stereocenters. The van der Waals surface area contributed by atoms with Crippen LogP contribution in [0.25, 0.3) is 0 Å². The molecular weight excluding hydrogens is 1390 g/mol. The zero-order valence-corrected chi connectivity index (χ0v) is 62.5. The Morgan fingerprint density at radius 1 is 0.269 bits per heavy atom. The van der Waals surface area contributed by atoms with Crippen LogP contribution >= 0.6 is 259 Å². The van der Waals surface area contributed by atoms with Crippen LogP contribution in [-0.2, 0) is 19.1 Å². The summed E-state index contributed by atoms with van der Waals surface area (Å²) in [5.41, 5.74) is 0. The summed E-state index contributed by atoms with van der Waals surface area (Å²) in [5, 5.41) is 0. The Kier molecular flexibility index (Phi) is 32.5. The van der Waals surface area contributed by atoms with Crippen LogP contribution < -0.4 is 0 Å². The van der Waals surface area contributed by atoms with Crippen molar-refractivity contribution in [1.29, 1.82) is 0 Å². The third kappa shape index (κ3) is 20.3. The maximum Gasteiger partial charge on any atom is 0.346 e. The Morgan fingerprint density at radius 2 is 0.462 bits per heavy atom. The summed E-state index contributed by atoms with van der Waals surface area (Å²) < 4.78 is 35.1. The van der Waals surface area contributed by atoms with Crippen molar-refractivity contribution < 1.29 is 19.1 Å². The summed E-state index contributed by atoms with van der Waals surface area (Å²) in [6.45, 7) is 9.16. The standard InChI is InChI=1S/C52H66O4S22/c1-7-11-15-19-25-59-37-38(60-26-20-16-12-8-2)68-45(67-37)47-75-49-50(76-47)72-43(71-49)41-63-31(33(53)55-5)35(65-41)57-29-23-24-30-58-36-32(34(54)56-6)64-42(66-36)44-73-51-52(74-44)78-48(77-51)46-69-39(61-27-21-17-13-9-3)40(70-46)62-28-22-18-14-10-4/h7-30H2,1-6H3. The van der Waals surface area contributed by atoms with E-state index < -0.39 is 0 Å². The SMILES string of the molecule is CCCCCCSC1=C(SCCCCCC)SC(=C2SC3=C(S2)SC(=C2SC(SCCCCSC4=C(C(=O)OC)SC(=C5SC6=C(SC(=C7SC(SCCCCCC)=C(SCCCCCC)S7)S6)S5)S4)=C(C(=O)OC)S2)S3)S1. The van der Waals surface area contributed by atoms with E-state index in [0.29, 0.717) is 9.81 Å². The van der Waals surface area contributed by atoms with Crippen molar-refractivity contribution in [3.8, 4) is 0 Å². The number of carbonyl (C=O) groups is 2. The van der Waals surface area contributed by atoms with Crippen LogP contribution in [0, 0.1) is 0 Å². The van der Waals surface area contributed by atoms with Gasteiger partial charge in [-0.05, 0) is 73.0 Å². The number of rotatable bonds is 33. The monoisotopic (exact) mass is 1460 g/mol. The molecule has 0 saturated heterocycles. The number of esters is 2. The summed E-state index contributed by atoms with van der Waals surface area (Å²) in [6, 6.07) is 0. The van der Waals surface area contributed by atoms with Crippen LogP contribution in [0.4, 0.5) is 0 Å². The topological polar surface area (TPSA) is 52.6 Å². The molecule has 0 aromatic rings. The molecule has 8 aliphatic heterocycles. The number of hydrogen-bond acceptors (Lipinski definition) is 26. The second-order valence-electron chi connectivity index (χ2n) is 17.5. The second kappa shape index (κ2) is 37.3. The van der Waals surface area contributed by atoms with Gasteiger partial charge in [-0.15, -0.1) is 70.6 Å². The van der Waals surface area contributed by atoms with Crippen LogP contribution in [-0.4, -0.2) is 60.7 Å². The number of hydrogen-bond donors (Lipinski definition) is 0. The Morgan fingerprint density at radius 3 is 0.692 bits per heavy atom. The molecule has 0 fully saturated rings. The molecule has 0 saturated carbocycles. The van der Waals surface area contributed by atoms with E-state index >= 15 is 0 Å². The van der Waals surface area contributed by atoms with Gasteiger partial charge in [-0.25, -0.2) is 9.59 Å². The number of unbranched alkanes of at least 4 members (excludes halogenated alkanes) is 13. The lowest BCUT2D eigenvalue weighted by Gasteiger charge is -2.08. The molecular formula is C52H66O4S22. The van der Waals surface area contributed by atoms with Crippen molar-refractivity contribution in [2.24, 2.45) is 0 Å². The van der Waals surface area contributed by atoms with Gasteiger partial charge in [-0.2, -0.15) is 0 Å². The van der Waals surface area contributed by atoms with Crippen LogP contribution in [0.1, 0.15) is 143 Å². The van der Waals surface area contributed by atoms with E-state index in [2.05, 4.69) is 74.7 Å². The van der Waals surface area contributed by atoms with E-state index in [9.17, 15) is 9.59 Å². The van der Waals surface area contributed by atoms with Crippen LogP contribution in [0.3, 0.4) is 0 Å². The number of ether oxygens (including phenoxy) is 2. The van der Waals surface area contributed by atoms with Crippen molar-refractivity contribution in [3.05, 3.63) is 86.1 Å². The van der Waals surface area contributed by atoms with Crippen molar-refractivity contribution >= 4 is 271 Å². The van der Waals surface area contributed by atoms with Crippen molar-refractivity contribution in [3.63, 3.8) is 0 Å². The average molecular weight is 1460 g/mol. The van der Waals surface area contributed by atoms with Gasteiger partial charge in [-0.3, -0.25) is 0 Å². The maximum absolute atomic E-state index is 13.1. The summed E-state index contributed by atoms with van der Waals surface area (Å²) >= 11 is 41.9. The van der Waals surface area contributed by atoms with E-state index in [-0.39, 0.29) is 11.9 Å². The van der Waals surface area contributed by atoms with Crippen molar-refractivity contribution in [1.82, 2.24) is 0 Å². The first-order valence-electron chi connectivity index (χ1n) is 26.5. The summed E-state index contributed by atoms with van der Waals surface area (Å²) in [4.78, 5) is 27.7. The fraction of sp³-hybridized carbons (Fsp3) is 0.577. The predicted molar refractivity (Wildman–Crippen MR) is 396 cm³/mol. The number of methoxy groups -OCH3 is 2. The van der Waals surface area contributed by atoms with Gasteiger partial charge in [0.25, 0.3) is 0 Å². The molecule has 4 nitrogen and oxygen atoms in total. The lowest BCUT2D eigenvalue weighted by Crippen LogP contribution is -2.01. The van der Waals surface area contributed by atoms with E-state index in [1.54, 1.807) is 70.6 Å². The highest BCUT2D eigenvalue weighted by molar-refractivity contribution is 8.52. The fourth-order valence-corrected chi connectivity index (χ4v) is 41.4. The first-order valence-corrected chi connectivity index (χ1v) is 45.4. The highest BCUT2D eigenvalue weighted by Crippen LogP contribution is 2.75. The molecule has 0 bridgehead atoms. The van der Waals surface area contributed by atoms with Gasteiger partial charge in [0, 0.05) is 0 Å². The van der Waals surface area contributed by atoms with E-state index in [4.69, 9.17) is 9.47 Å². The van der Waals surface area contributed by atoms with Gasteiger partial charge in [0.15, 0.2) is 0 Å². The Bertz CT molecular complexity index is 2250. The molecule has 0 aliphatic carbocycles. The second-order valence-corrected chi connectivity index (χ2v) is 45.1. The van der Waals surface area contributed by atoms with Gasteiger partial charge in [0.05, 0.1) is 90.5 Å². The molecule has 0 aromatic carbocycles. The predicted octanol–water partition coefficient (Wildman–Crippen LogP) is 26.0. The normalized spacial score (nSPS) is 19.7. The molecule has 0 unspecified atom stereocenters. The molecule has 8 aliphatic rings. The maximum atomic E-state index is 13.1. The quantitative estimate of drug-likeness (QED) is 0.0462. The number of thioether (sulfide) groups is 22. The van der Waals surface area contributed by atoms with Gasteiger partial charge in [0.1, 0.15) is 9.81 Å². The molecule has 0 radical (unpaired) electrons. The molecule has 8 rings (SSSR count). The number of carbonyl (C=O) groups excluding carboxylic acids is 2. The zero-order chi connectivity index (χ0) is 54.6. The minimum absolute atomic E-state index is 0.250. The molecule has 0 spiro atoms. The molecule has 0 amide bonds. The minimum Gasteiger partial charge on any atom is -0.465 e. The van der Waals surface area contributed by atoms with Gasteiger partial charge in [-0.1, -0.05) is 293 Å². The highest BCUT2D eigenvalue weighted by Gasteiger charge is 2.40. The highest BCUT2D eigenvalue weighted by atomic mass is 32.3. The average Bonchev–Trinajstić information content (AvgIpc) is 4.40. The summed E-state index contributed by atoms with van der Waals surface area (Å²) in [6.07, 6.45) is 23.0. The summed E-state index contributed by atoms with van der Waals surface area (Å²) in [5.74, 6) is 6.17.